The third-order valence-corrected chi connectivity index (χ3v) is 2.37. The molecule has 4 nitrogen and oxygen atoms in total. The second-order valence-electron chi connectivity index (χ2n) is 4.28. The SMILES string of the molecule is CC(C)CCNc1cc(C(N)=O)ccc1N. The minimum atomic E-state index is -0.438. The molecule has 1 aromatic carbocycles. The van der Waals surface area contributed by atoms with E-state index in [9.17, 15) is 4.79 Å². The first-order chi connectivity index (χ1) is 7.50. The maximum Gasteiger partial charge on any atom is 0.248 e. The summed E-state index contributed by atoms with van der Waals surface area (Å²) in [6.07, 6.45) is 1.06. The first-order valence-electron chi connectivity index (χ1n) is 5.44. The van der Waals surface area contributed by atoms with Gasteiger partial charge in [-0.05, 0) is 30.5 Å². The molecule has 0 saturated carbocycles. The van der Waals surface area contributed by atoms with Crippen molar-refractivity contribution in [3.05, 3.63) is 23.8 Å². The molecule has 1 aromatic rings. The molecule has 1 amide bonds. The Kier molecular flexibility index (Phi) is 4.17. The smallest absolute Gasteiger partial charge is 0.248 e. The van der Waals surface area contributed by atoms with E-state index in [1.54, 1.807) is 18.2 Å². The molecule has 0 bridgehead atoms. The van der Waals surface area contributed by atoms with E-state index in [4.69, 9.17) is 11.5 Å². The number of carbonyl (C=O) groups is 1. The van der Waals surface area contributed by atoms with Gasteiger partial charge in [0, 0.05) is 12.1 Å². The van der Waals surface area contributed by atoms with Crippen LogP contribution >= 0.6 is 0 Å². The lowest BCUT2D eigenvalue weighted by molar-refractivity contribution is 0.100. The zero-order valence-corrected chi connectivity index (χ0v) is 9.79. The molecule has 16 heavy (non-hydrogen) atoms. The van der Waals surface area contributed by atoms with Crippen molar-refractivity contribution in [2.24, 2.45) is 11.7 Å². The quantitative estimate of drug-likeness (QED) is 0.663. The molecule has 0 aromatic heterocycles. The fraction of sp³-hybridized carbons (Fsp3) is 0.417. The molecule has 0 fully saturated rings. The third kappa shape index (κ3) is 3.46. The fourth-order valence-corrected chi connectivity index (χ4v) is 1.36. The van der Waals surface area contributed by atoms with Crippen LogP contribution in [-0.4, -0.2) is 12.5 Å². The molecule has 4 heteroatoms. The van der Waals surface area contributed by atoms with Gasteiger partial charge < -0.3 is 16.8 Å². The van der Waals surface area contributed by atoms with Crippen molar-refractivity contribution >= 4 is 17.3 Å². The lowest BCUT2D eigenvalue weighted by Crippen LogP contribution is -2.13. The van der Waals surface area contributed by atoms with Crippen LogP contribution in [0.2, 0.25) is 0 Å². The van der Waals surface area contributed by atoms with Crippen LogP contribution in [0.25, 0.3) is 0 Å². The summed E-state index contributed by atoms with van der Waals surface area (Å²) < 4.78 is 0. The second kappa shape index (κ2) is 5.39. The zero-order valence-electron chi connectivity index (χ0n) is 9.79. The number of rotatable bonds is 5. The maximum absolute atomic E-state index is 11.0. The molecular formula is C12H19N3O. The van der Waals surface area contributed by atoms with Gasteiger partial charge in [0.25, 0.3) is 0 Å². The predicted octanol–water partition coefficient (Wildman–Crippen LogP) is 1.83. The van der Waals surface area contributed by atoms with Crippen LogP contribution in [0.4, 0.5) is 11.4 Å². The van der Waals surface area contributed by atoms with E-state index >= 15 is 0 Å². The van der Waals surface area contributed by atoms with E-state index in [-0.39, 0.29) is 0 Å². The molecule has 0 aliphatic carbocycles. The van der Waals surface area contributed by atoms with Gasteiger partial charge in [0.05, 0.1) is 11.4 Å². The molecule has 0 radical (unpaired) electrons. The van der Waals surface area contributed by atoms with Gasteiger partial charge in [0.15, 0.2) is 0 Å². The summed E-state index contributed by atoms with van der Waals surface area (Å²) in [6.45, 7) is 5.15. The minimum absolute atomic E-state index is 0.438. The fourth-order valence-electron chi connectivity index (χ4n) is 1.36. The Morgan fingerprint density at radius 2 is 2.12 bits per heavy atom. The van der Waals surface area contributed by atoms with E-state index in [1.165, 1.54) is 0 Å². The average molecular weight is 221 g/mol. The molecule has 5 N–H and O–H groups in total. The number of carbonyl (C=O) groups excluding carboxylic acids is 1. The molecule has 88 valence electrons. The predicted molar refractivity (Wildman–Crippen MR) is 67.3 cm³/mol. The van der Waals surface area contributed by atoms with Crippen molar-refractivity contribution in [1.82, 2.24) is 0 Å². The van der Waals surface area contributed by atoms with E-state index in [0.29, 0.717) is 17.2 Å². The van der Waals surface area contributed by atoms with Crippen molar-refractivity contribution in [2.45, 2.75) is 20.3 Å². The Labute approximate surface area is 96.0 Å². The van der Waals surface area contributed by atoms with Gasteiger partial charge in [-0.15, -0.1) is 0 Å². The van der Waals surface area contributed by atoms with Crippen LogP contribution in [0.5, 0.6) is 0 Å². The van der Waals surface area contributed by atoms with Crippen molar-refractivity contribution in [1.29, 1.82) is 0 Å². The highest BCUT2D eigenvalue weighted by atomic mass is 16.1. The third-order valence-electron chi connectivity index (χ3n) is 2.37. The lowest BCUT2D eigenvalue weighted by Gasteiger charge is -2.11. The molecule has 0 spiro atoms. The van der Waals surface area contributed by atoms with Gasteiger partial charge in [-0.25, -0.2) is 0 Å². The molecule has 0 heterocycles. The Hall–Kier alpha value is -1.71. The number of nitrogens with two attached hydrogens (primary N) is 2. The number of primary amides is 1. The van der Waals surface area contributed by atoms with E-state index in [2.05, 4.69) is 19.2 Å². The zero-order chi connectivity index (χ0) is 12.1. The monoisotopic (exact) mass is 221 g/mol. The summed E-state index contributed by atoms with van der Waals surface area (Å²) in [5.41, 5.74) is 12.9. The van der Waals surface area contributed by atoms with Crippen LogP contribution in [0.3, 0.4) is 0 Å². The summed E-state index contributed by atoms with van der Waals surface area (Å²) in [7, 11) is 0. The van der Waals surface area contributed by atoms with Crippen molar-refractivity contribution < 1.29 is 4.79 Å². The molecule has 0 saturated heterocycles. The van der Waals surface area contributed by atoms with Crippen LogP contribution in [0, 0.1) is 5.92 Å². The largest absolute Gasteiger partial charge is 0.397 e. The average Bonchev–Trinajstić information content (AvgIpc) is 2.20. The van der Waals surface area contributed by atoms with Gasteiger partial charge in [0.1, 0.15) is 0 Å². The van der Waals surface area contributed by atoms with Crippen LogP contribution < -0.4 is 16.8 Å². The van der Waals surface area contributed by atoms with Gasteiger partial charge in [0.2, 0.25) is 5.91 Å². The molecule has 0 aliphatic heterocycles. The van der Waals surface area contributed by atoms with Crippen LogP contribution in [0.1, 0.15) is 30.6 Å². The highest BCUT2D eigenvalue weighted by molar-refractivity contribution is 5.94. The number of hydrogen-bond acceptors (Lipinski definition) is 3. The van der Waals surface area contributed by atoms with Gasteiger partial charge in [-0.3, -0.25) is 4.79 Å². The summed E-state index contributed by atoms with van der Waals surface area (Å²) in [6, 6.07) is 5.01. The Morgan fingerprint density at radius 1 is 1.44 bits per heavy atom. The number of benzene rings is 1. The Morgan fingerprint density at radius 3 is 2.69 bits per heavy atom. The number of nitrogen functional groups attached to an aromatic ring is 1. The van der Waals surface area contributed by atoms with Crippen LogP contribution in [0.15, 0.2) is 18.2 Å². The summed E-state index contributed by atoms with van der Waals surface area (Å²) in [5, 5.41) is 3.21. The van der Waals surface area contributed by atoms with Crippen molar-refractivity contribution in [2.75, 3.05) is 17.6 Å². The normalized spacial score (nSPS) is 10.4. The standard InChI is InChI=1S/C12H19N3O/c1-8(2)5-6-15-11-7-9(12(14)16)3-4-10(11)13/h3-4,7-8,15H,5-6,13H2,1-2H3,(H2,14,16). The van der Waals surface area contributed by atoms with E-state index < -0.39 is 5.91 Å². The number of hydrogen-bond donors (Lipinski definition) is 3. The van der Waals surface area contributed by atoms with Gasteiger partial charge in [-0.1, -0.05) is 13.8 Å². The lowest BCUT2D eigenvalue weighted by atomic mass is 10.1. The number of amides is 1. The minimum Gasteiger partial charge on any atom is -0.397 e. The number of nitrogens with one attached hydrogen (secondary N) is 1. The molecular weight excluding hydrogens is 202 g/mol. The first kappa shape index (κ1) is 12.4. The number of anilines is 2. The second-order valence-corrected chi connectivity index (χ2v) is 4.28. The van der Waals surface area contributed by atoms with Gasteiger partial charge in [-0.2, -0.15) is 0 Å². The molecule has 0 atom stereocenters. The van der Waals surface area contributed by atoms with E-state index in [1.807, 2.05) is 0 Å². The first-order valence-corrected chi connectivity index (χ1v) is 5.44. The molecule has 0 unspecified atom stereocenters. The Bertz CT molecular complexity index is 375. The van der Waals surface area contributed by atoms with Crippen LogP contribution in [-0.2, 0) is 0 Å². The Balaban J connectivity index is 2.70. The highest BCUT2D eigenvalue weighted by Gasteiger charge is 2.04. The summed E-state index contributed by atoms with van der Waals surface area (Å²) in [5.74, 6) is 0.194. The van der Waals surface area contributed by atoms with Gasteiger partial charge >= 0.3 is 0 Å². The highest BCUT2D eigenvalue weighted by Crippen LogP contribution is 2.20. The van der Waals surface area contributed by atoms with E-state index in [0.717, 1.165) is 18.7 Å². The molecule has 1 rings (SSSR count). The maximum atomic E-state index is 11.0. The topological polar surface area (TPSA) is 81.1 Å². The van der Waals surface area contributed by atoms with Crippen molar-refractivity contribution in [3.8, 4) is 0 Å². The summed E-state index contributed by atoms with van der Waals surface area (Å²) in [4.78, 5) is 11.0. The molecule has 0 aliphatic rings. The van der Waals surface area contributed by atoms with Crippen molar-refractivity contribution in [3.63, 3.8) is 0 Å². The summed E-state index contributed by atoms with van der Waals surface area (Å²) >= 11 is 0.